The molecule has 25 heavy (non-hydrogen) atoms. The third-order valence-corrected chi connectivity index (χ3v) is 8.08. The Balaban J connectivity index is 2.07. The van der Waals surface area contributed by atoms with Gasteiger partial charge in [0.15, 0.2) is 15.5 Å². The molecule has 0 bridgehead atoms. The normalized spacial score (nSPS) is 20.1. The first-order valence-electron chi connectivity index (χ1n) is 8.81. The molecular formula is C17H27N5O2S. The number of fused-ring (bicyclic) bond motifs is 1. The van der Waals surface area contributed by atoms with Crippen molar-refractivity contribution < 1.29 is 8.42 Å². The van der Waals surface area contributed by atoms with Crippen LogP contribution in [0, 0.1) is 0 Å². The topological polar surface area (TPSA) is 81.0 Å². The van der Waals surface area contributed by atoms with Crippen LogP contribution < -0.4 is 4.90 Å². The van der Waals surface area contributed by atoms with Gasteiger partial charge in [-0.1, -0.05) is 13.8 Å². The third kappa shape index (κ3) is 2.80. The first-order valence-corrected chi connectivity index (χ1v) is 10.5. The van der Waals surface area contributed by atoms with Gasteiger partial charge in [-0.15, -0.1) is 0 Å². The second-order valence-electron chi connectivity index (χ2n) is 7.79. The number of aromatic nitrogens is 4. The van der Waals surface area contributed by atoms with Gasteiger partial charge < -0.3 is 4.90 Å². The van der Waals surface area contributed by atoms with E-state index in [4.69, 9.17) is 0 Å². The Kier molecular flexibility index (Phi) is 4.29. The van der Waals surface area contributed by atoms with Crippen LogP contribution in [-0.2, 0) is 15.4 Å². The van der Waals surface area contributed by atoms with E-state index in [-0.39, 0.29) is 11.3 Å². The first-order chi connectivity index (χ1) is 11.6. The van der Waals surface area contributed by atoms with Crippen LogP contribution in [-0.4, -0.2) is 51.8 Å². The van der Waals surface area contributed by atoms with Crippen molar-refractivity contribution in [3.63, 3.8) is 0 Å². The Morgan fingerprint density at radius 1 is 1.20 bits per heavy atom. The molecule has 0 atom stereocenters. The van der Waals surface area contributed by atoms with Gasteiger partial charge in [0.2, 0.25) is 0 Å². The van der Waals surface area contributed by atoms with Gasteiger partial charge in [-0.25, -0.2) is 23.1 Å². The second kappa shape index (κ2) is 5.93. The maximum Gasteiger partial charge on any atom is 0.163 e. The van der Waals surface area contributed by atoms with Crippen LogP contribution in [0.1, 0.15) is 47.5 Å². The number of rotatable bonds is 3. The van der Waals surface area contributed by atoms with E-state index in [0.29, 0.717) is 25.9 Å². The summed E-state index contributed by atoms with van der Waals surface area (Å²) in [6.07, 6.45) is 4.55. The summed E-state index contributed by atoms with van der Waals surface area (Å²) in [7, 11) is -3.10. The van der Waals surface area contributed by atoms with Crippen LogP contribution in [0.15, 0.2) is 12.5 Å². The molecule has 0 N–H and O–H groups in total. The summed E-state index contributed by atoms with van der Waals surface area (Å²) >= 11 is 0. The van der Waals surface area contributed by atoms with E-state index in [1.54, 1.807) is 12.5 Å². The van der Waals surface area contributed by atoms with Crippen LogP contribution in [0.2, 0.25) is 0 Å². The van der Waals surface area contributed by atoms with E-state index >= 15 is 0 Å². The molecule has 0 radical (unpaired) electrons. The van der Waals surface area contributed by atoms with Gasteiger partial charge in [-0.05, 0) is 33.6 Å². The fraction of sp³-hybridized carbons (Fsp3) is 0.706. The number of nitrogens with zero attached hydrogens (tertiary/aromatic N) is 5. The molecule has 0 aliphatic carbocycles. The molecule has 138 valence electrons. The predicted molar refractivity (Wildman–Crippen MR) is 99.6 cm³/mol. The number of anilines is 1. The molecule has 0 amide bonds. The lowest BCUT2D eigenvalue weighted by atomic mass is 10.0. The SMILES string of the molecule is CCC1(CC)CN(c2ncnc3c2cnn3C(C)(C)C)CCS1(=O)=O. The second-order valence-corrected chi connectivity index (χ2v) is 10.3. The summed E-state index contributed by atoms with van der Waals surface area (Å²) in [6, 6.07) is 0. The van der Waals surface area contributed by atoms with E-state index in [1.807, 2.05) is 18.5 Å². The average molecular weight is 366 g/mol. The number of sulfone groups is 1. The lowest BCUT2D eigenvalue weighted by Gasteiger charge is -2.42. The molecule has 3 heterocycles. The highest BCUT2D eigenvalue weighted by atomic mass is 32.2. The summed E-state index contributed by atoms with van der Waals surface area (Å²) in [5.74, 6) is 0.940. The van der Waals surface area contributed by atoms with Crippen molar-refractivity contribution in [1.29, 1.82) is 0 Å². The van der Waals surface area contributed by atoms with Gasteiger partial charge in [0, 0.05) is 13.1 Å². The molecule has 0 saturated carbocycles. The van der Waals surface area contributed by atoms with E-state index in [1.165, 1.54) is 0 Å². The number of hydrogen-bond donors (Lipinski definition) is 0. The Bertz CT molecular complexity index is 878. The monoisotopic (exact) mass is 365 g/mol. The standard InChI is InChI=1S/C17H27N5O2S/c1-6-17(7-2)11-21(8-9-25(17,23)24)14-13-10-20-22(16(3,4)5)15(13)19-12-18-14/h10,12H,6-9,11H2,1-5H3. The van der Waals surface area contributed by atoms with E-state index in [2.05, 4.69) is 40.7 Å². The summed E-state index contributed by atoms with van der Waals surface area (Å²) in [4.78, 5) is 11.0. The molecule has 3 rings (SSSR count). The zero-order valence-corrected chi connectivity index (χ0v) is 16.5. The van der Waals surface area contributed by atoms with Crippen molar-refractivity contribution in [2.75, 3.05) is 23.7 Å². The molecule has 2 aromatic heterocycles. The molecular weight excluding hydrogens is 338 g/mol. The van der Waals surface area contributed by atoms with E-state index < -0.39 is 14.6 Å². The number of hydrogen-bond acceptors (Lipinski definition) is 6. The Hall–Kier alpha value is -1.70. The minimum atomic E-state index is -3.10. The lowest BCUT2D eigenvalue weighted by Crippen LogP contribution is -2.56. The minimum absolute atomic E-state index is 0.160. The first kappa shape index (κ1) is 18.1. The summed E-state index contributed by atoms with van der Waals surface area (Å²) in [5, 5.41) is 5.37. The van der Waals surface area contributed by atoms with Gasteiger partial charge in [0.05, 0.1) is 27.6 Å². The van der Waals surface area contributed by atoms with Gasteiger partial charge >= 0.3 is 0 Å². The Labute approximate surface area is 149 Å². The zero-order valence-electron chi connectivity index (χ0n) is 15.7. The van der Waals surface area contributed by atoms with Crippen molar-refractivity contribution in [3.8, 4) is 0 Å². The van der Waals surface area contributed by atoms with Crippen LogP contribution in [0.4, 0.5) is 5.82 Å². The van der Waals surface area contributed by atoms with E-state index in [9.17, 15) is 8.42 Å². The molecule has 0 spiro atoms. The molecule has 2 aromatic rings. The zero-order chi connectivity index (χ0) is 18.5. The molecule has 0 unspecified atom stereocenters. The summed E-state index contributed by atoms with van der Waals surface area (Å²) in [5.41, 5.74) is 0.597. The maximum absolute atomic E-state index is 12.7. The van der Waals surface area contributed by atoms with Crippen LogP contribution >= 0.6 is 0 Å². The molecule has 1 aliphatic rings. The van der Waals surface area contributed by atoms with Crippen molar-refractivity contribution in [1.82, 2.24) is 19.7 Å². The molecule has 1 fully saturated rings. The smallest absolute Gasteiger partial charge is 0.163 e. The molecule has 8 heteroatoms. The summed E-state index contributed by atoms with van der Waals surface area (Å²) in [6.45, 7) is 11.1. The highest BCUT2D eigenvalue weighted by Gasteiger charge is 2.45. The van der Waals surface area contributed by atoms with Crippen LogP contribution in [0.5, 0.6) is 0 Å². The quantitative estimate of drug-likeness (QED) is 0.831. The Morgan fingerprint density at radius 2 is 1.88 bits per heavy atom. The average Bonchev–Trinajstić information content (AvgIpc) is 2.99. The van der Waals surface area contributed by atoms with Gasteiger partial charge in [0.1, 0.15) is 12.1 Å². The fourth-order valence-corrected chi connectivity index (χ4v) is 5.77. The van der Waals surface area contributed by atoms with Gasteiger partial charge in [0.25, 0.3) is 0 Å². The lowest BCUT2D eigenvalue weighted by molar-refractivity contribution is 0.366. The largest absolute Gasteiger partial charge is 0.353 e. The third-order valence-electron chi connectivity index (χ3n) is 5.34. The van der Waals surface area contributed by atoms with Crippen molar-refractivity contribution in [3.05, 3.63) is 12.5 Å². The molecule has 1 saturated heterocycles. The highest BCUT2D eigenvalue weighted by Crippen LogP contribution is 2.35. The molecule has 0 aromatic carbocycles. The maximum atomic E-state index is 12.7. The van der Waals surface area contributed by atoms with Crippen molar-refractivity contribution in [2.45, 2.75) is 57.7 Å². The molecule has 7 nitrogen and oxygen atoms in total. The molecule has 1 aliphatic heterocycles. The fourth-order valence-electron chi connectivity index (χ4n) is 3.64. The predicted octanol–water partition coefficient (Wildman–Crippen LogP) is 2.37. The highest BCUT2D eigenvalue weighted by molar-refractivity contribution is 7.92. The van der Waals surface area contributed by atoms with Crippen LogP contribution in [0.3, 0.4) is 0 Å². The minimum Gasteiger partial charge on any atom is -0.353 e. The van der Waals surface area contributed by atoms with Gasteiger partial charge in [-0.3, -0.25) is 0 Å². The summed E-state index contributed by atoms with van der Waals surface area (Å²) < 4.78 is 26.5. The van der Waals surface area contributed by atoms with Crippen molar-refractivity contribution >= 4 is 26.7 Å². The Morgan fingerprint density at radius 3 is 2.48 bits per heavy atom. The van der Waals surface area contributed by atoms with E-state index in [0.717, 1.165) is 16.9 Å². The van der Waals surface area contributed by atoms with Crippen LogP contribution in [0.25, 0.3) is 11.0 Å². The van der Waals surface area contributed by atoms with Gasteiger partial charge in [-0.2, -0.15) is 5.10 Å². The van der Waals surface area contributed by atoms with Crippen molar-refractivity contribution in [2.24, 2.45) is 0 Å².